The maximum atomic E-state index is 13.4. The summed E-state index contributed by atoms with van der Waals surface area (Å²) in [6.45, 7) is 2.22. The Hall–Kier alpha value is -1.91. The number of aliphatic hydroxyl groups is 2. The van der Waals surface area contributed by atoms with E-state index >= 15 is 0 Å². The average Bonchev–Trinajstić information content (AvgIpc) is 3.09. The Morgan fingerprint density at radius 3 is 2.41 bits per heavy atom. The Morgan fingerprint density at radius 1 is 1.07 bits per heavy atom. The van der Waals surface area contributed by atoms with Crippen LogP contribution in [0.4, 0.5) is 4.39 Å². The highest BCUT2D eigenvalue weighted by Crippen LogP contribution is 2.48. The van der Waals surface area contributed by atoms with Crippen LogP contribution in [-0.2, 0) is 0 Å². The van der Waals surface area contributed by atoms with Gasteiger partial charge in [-0.15, -0.1) is 0 Å². The van der Waals surface area contributed by atoms with Crippen LogP contribution in [-0.4, -0.2) is 30.5 Å². The van der Waals surface area contributed by atoms with Gasteiger partial charge in [-0.05, 0) is 73.3 Å². The van der Waals surface area contributed by atoms with E-state index in [1.54, 1.807) is 7.11 Å². The molecule has 0 saturated heterocycles. The van der Waals surface area contributed by atoms with Gasteiger partial charge in [-0.3, -0.25) is 0 Å². The summed E-state index contributed by atoms with van der Waals surface area (Å²) in [7, 11) is 1.65. The maximum absolute atomic E-state index is 13.4. The van der Waals surface area contributed by atoms with Crippen molar-refractivity contribution in [2.45, 2.75) is 38.0 Å². The van der Waals surface area contributed by atoms with E-state index in [9.17, 15) is 14.6 Å². The SMILES string of the molecule is COc1ccc(C)cc1C(CO)CC1CCC(CO)[C@H]1c1ccc(F)cc1. The summed E-state index contributed by atoms with van der Waals surface area (Å²) < 4.78 is 18.9. The van der Waals surface area contributed by atoms with Gasteiger partial charge < -0.3 is 14.9 Å². The highest BCUT2D eigenvalue weighted by Gasteiger charge is 2.38. The number of methoxy groups -OCH3 is 1. The quantitative estimate of drug-likeness (QED) is 0.757. The molecule has 0 bridgehead atoms. The van der Waals surface area contributed by atoms with Gasteiger partial charge in [0.1, 0.15) is 11.6 Å². The Morgan fingerprint density at radius 2 is 1.78 bits per heavy atom. The van der Waals surface area contributed by atoms with Crippen LogP contribution >= 0.6 is 0 Å². The van der Waals surface area contributed by atoms with Crippen molar-refractivity contribution in [3.63, 3.8) is 0 Å². The minimum Gasteiger partial charge on any atom is -0.496 e. The highest BCUT2D eigenvalue weighted by atomic mass is 19.1. The third-order valence-corrected chi connectivity index (χ3v) is 6.05. The molecule has 0 aromatic heterocycles. The van der Waals surface area contributed by atoms with E-state index < -0.39 is 0 Å². The molecule has 1 saturated carbocycles. The van der Waals surface area contributed by atoms with E-state index in [0.29, 0.717) is 5.92 Å². The Balaban J connectivity index is 1.87. The van der Waals surface area contributed by atoms with Crippen molar-refractivity contribution in [2.75, 3.05) is 20.3 Å². The van der Waals surface area contributed by atoms with E-state index in [1.807, 2.05) is 31.2 Å². The zero-order chi connectivity index (χ0) is 19.4. The van der Waals surface area contributed by atoms with Crippen LogP contribution in [0.5, 0.6) is 5.75 Å². The molecule has 2 N–H and O–H groups in total. The molecule has 1 aliphatic rings. The molecule has 27 heavy (non-hydrogen) atoms. The maximum Gasteiger partial charge on any atom is 0.123 e. The van der Waals surface area contributed by atoms with E-state index in [4.69, 9.17) is 4.74 Å². The molecule has 4 heteroatoms. The van der Waals surface area contributed by atoms with Crippen LogP contribution in [0.3, 0.4) is 0 Å². The lowest BCUT2D eigenvalue weighted by Gasteiger charge is -2.28. The summed E-state index contributed by atoms with van der Waals surface area (Å²) in [5, 5.41) is 20.0. The van der Waals surface area contributed by atoms with Gasteiger partial charge in [0.25, 0.3) is 0 Å². The topological polar surface area (TPSA) is 49.7 Å². The van der Waals surface area contributed by atoms with Gasteiger partial charge >= 0.3 is 0 Å². The lowest BCUT2D eigenvalue weighted by Crippen LogP contribution is -2.19. The predicted molar refractivity (Wildman–Crippen MR) is 105 cm³/mol. The molecule has 0 aliphatic heterocycles. The largest absolute Gasteiger partial charge is 0.496 e. The lowest BCUT2D eigenvalue weighted by molar-refractivity contribution is 0.199. The number of ether oxygens (including phenoxy) is 1. The number of hydrogen-bond donors (Lipinski definition) is 2. The molecule has 0 radical (unpaired) electrons. The first kappa shape index (κ1) is 19.8. The molecule has 4 atom stereocenters. The lowest BCUT2D eigenvalue weighted by atomic mass is 9.78. The molecule has 2 aromatic rings. The predicted octanol–water partition coefficient (Wildman–Crippen LogP) is 4.41. The second-order valence-corrected chi connectivity index (χ2v) is 7.72. The monoisotopic (exact) mass is 372 g/mol. The van der Waals surface area contributed by atoms with Gasteiger partial charge in [-0.2, -0.15) is 0 Å². The Bertz CT molecular complexity index is 744. The van der Waals surface area contributed by atoms with Crippen molar-refractivity contribution in [2.24, 2.45) is 11.8 Å². The zero-order valence-corrected chi connectivity index (χ0v) is 16.1. The van der Waals surface area contributed by atoms with Gasteiger partial charge in [0.15, 0.2) is 0 Å². The van der Waals surface area contributed by atoms with E-state index in [-0.39, 0.29) is 36.8 Å². The third kappa shape index (κ3) is 4.33. The molecule has 3 rings (SSSR count). The number of rotatable bonds is 7. The van der Waals surface area contributed by atoms with Gasteiger partial charge in [0.2, 0.25) is 0 Å². The van der Waals surface area contributed by atoms with Crippen molar-refractivity contribution < 1.29 is 19.3 Å². The van der Waals surface area contributed by atoms with Crippen LogP contribution in [0, 0.1) is 24.6 Å². The normalized spacial score (nSPS) is 23.4. The van der Waals surface area contributed by atoms with Crippen molar-refractivity contribution in [1.82, 2.24) is 0 Å². The molecule has 3 unspecified atom stereocenters. The summed E-state index contributed by atoms with van der Waals surface area (Å²) in [6, 6.07) is 12.7. The van der Waals surface area contributed by atoms with E-state index in [2.05, 4.69) is 6.07 Å². The number of aliphatic hydroxyl groups excluding tert-OH is 2. The minimum absolute atomic E-state index is 0.0229. The second kappa shape index (κ2) is 8.85. The molecular formula is C23H29FO3. The number of hydrogen-bond acceptors (Lipinski definition) is 3. The Labute approximate surface area is 160 Å². The summed E-state index contributed by atoms with van der Waals surface area (Å²) in [4.78, 5) is 0. The molecule has 1 aliphatic carbocycles. The molecule has 1 fully saturated rings. The first-order valence-corrected chi connectivity index (χ1v) is 9.69. The van der Waals surface area contributed by atoms with Crippen molar-refractivity contribution in [3.05, 3.63) is 65.0 Å². The standard InChI is InChI=1S/C23H29FO3/c1-15-3-10-22(27-2)21(11-15)19(14-26)12-17-4-5-18(13-25)23(17)16-6-8-20(24)9-7-16/h3,6-11,17-19,23,25-26H,4-5,12-14H2,1-2H3/t17?,18?,19?,23-/m0/s1. The van der Waals surface area contributed by atoms with Crippen LogP contribution < -0.4 is 4.74 Å². The summed E-state index contributed by atoms with van der Waals surface area (Å²) in [5.74, 6) is 1.22. The third-order valence-electron chi connectivity index (χ3n) is 6.05. The number of benzene rings is 2. The smallest absolute Gasteiger partial charge is 0.123 e. The molecule has 0 amide bonds. The minimum atomic E-state index is -0.244. The van der Waals surface area contributed by atoms with Crippen molar-refractivity contribution >= 4 is 0 Å². The highest BCUT2D eigenvalue weighted by molar-refractivity contribution is 5.39. The molecule has 0 spiro atoms. The van der Waals surface area contributed by atoms with Gasteiger partial charge in [0.05, 0.1) is 13.7 Å². The first-order valence-electron chi connectivity index (χ1n) is 9.69. The van der Waals surface area contributed by atoms with Crippen LogP contribution in [0.2, 0.25) is 0 Å². The van der Waals surface area contributed by atoms with Gasteiger partial charge in [-0.25, -0.2) is 4.39 Å². The number of aryl methyl sites for hydroxylation is 1. The first-order chi connectivity index (χ1) is 13.1. The summed E-state index contributed by atoms with van der Waals surface area (Å²) >= 11 is 0. The molecule has 0 heterocycles. The summed E-state index contributed by atoms with van der Waals surface area (Å²) in [6.07, 6.45) is 2.76. The zero-order valence-electron chi connectivity index (χ0n) is 16.1. The average molecular weight is 372 g/mol. The molecule has 3 nitrogen and oxygen atoms in total. The van der Waals surface area contributed by atoms with Crippen molar-refractivity contribution in [3.8, 4) is 5.75 Å². The Kier molecular flexibility index (Phi) is 6.51. The fourth-order valence-electron chi connectivity index (χ4n) is 4.71. The van der Waals surface area contributed by atoms with Gasteiger partial charge in [0, 0.05) is 12.5 Å². The van der Waals surface area contributed by atoms with Crippen LogP contribution in [0.15, 0.2) is 42.5 Å². The molecule has 2 aromatic carbocycles. The fraction of sp³-hybridized carbons (Fsp3) is 0.478. The van der Waals surface area contributed by atoms with Gasteiger partial charge in [-0.1, -0.05) is 29.8 Å². The van der Waals surface area contributed by atoms with Crippen molar-refractivity contribution in [1.29, 1.82) is 0 Å². The van der Waals surface area contributed by atoms with Crippen LogP contribution in [0.25, 0.3) is 0 Å². The van der Waals surface area contributed by atoms with E-state index in [0.717, 1.165) is 41.7 Å². The fourth-order valence-corrected chi connectivity index (χ4v) is 4.71. The summed E-state index contributed by atoms with van der Waals surface area (Å²) in [5.41, 5.74) is 3.25. The molecule has 146 valence electrons. The van der Waals surface area contributed by atoms with E-state index in [1.165, 1.54) is 12.1 Å². The molecular weight excluding hydrogens is 343 g/mol. The number of halogens is 1. The van der Waals surface area contributed by atoms with Crippen LogP contribution in [0.1, 0.15) is 47.8 Å². The second-order valence-electron chi connectivity index (χ2n) is 7.72.